The van der Waals surface area contributed by atoms with Crippen molar-refractivity contribution < 1.29 is 19.4 Å². The number of aliphatic hydroxyl groups is 1. The predicted molar refractivity (Wildman–Crippen MR) is 182 cm³/mol. The molecule has 1 fully saturated rings. The highest BCUT2D eigenvalue weighted by Gasteiger charge is 2.34. The molecule has 0 bridgehead atoms. The topological polar surface area (TPSA) is 137 Å². The van der Waals surface area contributed by atoms with Crippen LogP contribution >= 0.6 is 0 Å². The molecule has 2 N–H and O–H groups in total. The maximum absolute atomic E-state index is 15.3. The predicted octanol–water partition coefficient (Wildman–Crippen LogP) is 8.32. The van der Waals surface area contributed by atoms with Gasteiger partial charge in [-0.05, 0) is 77.0 Å². The molecule has 1 saturated carbocycles. The zero-order valence-corrected chi connectivity index (χ0v) is 28.8. The van der Waals surface area contributed by atoms with E-state index in [0.29, 0.717) is 42.6 Å². The van der Waals surface area contributed by atoms with Gasteiger partial charge in [0.25, 0.3) is 0 Å². The SMILES string of the molecule is C=C(C)C#N.CCC.CCCCCN(CC1CC(CN(C(=O)O)c2cnc(C(C)(C)O)cn2)CCC1F)c1cc(C#N)ccc1C. The Morgan fingerprint density at radius 2 is 1.78 bits per heavy atom. The first-order valence-electron chi connectivity index (χ1n) is 16.2. The lowest BCUT2D eigenvalue weighted by molar-refractivity contribution is 0.0734. The minimum Gasteiger partial charge on any atom is -0.465 e. The number of hydrogen-bond donors (Lipinski definition) is 2. The van der Waals surface area contributed by atoms with Crippen LogP contribution in [0.3, 0.4) is 0 Å². The molecular formula is C36H53FN6O3. The van der Waals surface area contributed by atoms with Crippen molar-refractivity contribution in [3.05, 3.63) is 59.6 Å². The van der Waals surface area contributed by atoms with E-state index in [9.17, 15) is 20.3 Å². The lowest BCUT2D eigenvalue weighted by Crippen LogP contribution is -2.42. The van der Waals surface area contributed by atoms with Crippen LogP contribution < -0.4 is 9.80 Å². The molecule has 1 amide bonds. The van der Waals surface area contributed by atoms with Crippen LogP contribution in [0.5, 0.6) is 0 Å². The van der Waals surface area contributed by atoms with Gasteiger partial charge in [0.15, 0.2) is 5.82 Å². The van der Waals surface area contributed by atoms with Crippen molar-refractivity contribution >= 4 is 17.6 Å². The first kappa shape index (κ1) is 40.0. The summed E-state index contributed by atoms with van der Waals surface area (Å²) in [6.45, 7) is 18.1. The van der Waals surface area contributed by atoms with Gasteiger partial charge in [0.05, 0.1) is 35.8 Å². The van der Waals surface area contributed by atoms with E-state index in [2.05, 4.69) is 48.3 Å². The molecule has 9 nitrogen and oxygen atoms in total. The molecular weight excluding hydrogens is 583 g/mol. The second-order valence-corrected chi connectivity index (χ2v) is 12.5. The standard InChI is InChI=1S/C29H40FN5O3.C4H5N.C3H8/c1-5-6-7-12-34(25-14-21(15-31)9-8-20(25)2)19-23-13-22(10-11-24(23)30)18-35(28(36)37)27-17-32-26(16-33-27)29(3,4)38;1-4(2)3-5;1-3-2/h8-9,14,16-17,22-24,38H,5-7,10-13,18-19H2,1-4H3,(H,36,37);1H2,2H3;3H2,1-2H3. The Hall–Kier alpha value is -4.02. The molecule has 10 heteroatoms. The molecule has 3 rings (SSSR count). The smallest absolute Gasteiger partial charge is 0.413 e. The number of aryl methyl sites for hydroxylation is 1. The van der Waals surface area contributed by atoms with Gasteiger partial charge in [-0.2, -0.15) is 10.5 Å². The zero-order valence-electron chi connectivity index (χ0n) is 28.8. The summed E-state index contributed by atoms with van der Waals surface area (Å²) in [5.41, 5.74) is 2.32. The number of carbonyl (C=O) groups is 1. The Morgan fingerprint density at radius 1 is 1.13 bits per heavy atom. The number of unbranched alkanes of at least 4 members (excludes halogenated alkanes) is 2. The fourth-order valence-electron chi connectivity index (χ4n) is 5.15. The summed E-state index contributed by atoms with van der Waals surface area (Å²) in [4.78, 5) is 23.9. The van der Waals surface area contributed by atoms with Crippen molar-refractivity contribution in [2.75, 3.05) is 29.4 Å². The van der Waals surface area contributed by atoms with Gasteiger partial charge in [-0.1, -0.05) is 52.7 Å². The van der Waals surface area contributed by atoms with Gasteiger partial charge in [-0.15, -0.1) is 0 Å². The highest BCUT2D eigenvalue weighted by molar-refractivity contribution is 5.84. The maximum Gasteiger partial charge on any atom is 0.413 e. The van der Waals surface area contributed by atoms with Gasteiger partial charge in [-0.25, -0.2) is 14.2 Å². The lowest BCUT2D eigenvalue weighted by atomic mass is 9.79. The molecule has 3 atom stereocenters. The number of carboxylic acid groups (broad SMARTS) is 1. The minimum atomic E-state index is -1.18. The van der Waals surface area contributed by atoms with Gasteiger partial charge < -0.3 is 15.1 Å². The average Bonchev–Trinajstić information content (AvgIpc) is 3.01. The Kier molecular flexibility index (Phi) is 17.5. The summed E-state index contributed by atoms with van der Waals surface area (Å²) < 4.78 is 15.3. The van der Waals surface area contributed by atoms with E-state index in [-0.39, 0.29) is 24.2 Å². The Labute approximate surface area is 275 Å². The first-order valence-corrected chi connectivity index (χ1v) is 16.2. The van der Waals surface area contributed by atoms with Crippen LogP contribution in [0.25, 0.3) is 0 Å². The molecule has 1 heterocycles. The van der Waals surface area contributed by atoms with Gasteiger partial charge in [-0.3, -0.25) is 9.88 Å². The Morgan fingerprint density at radius 3 is 2.28 bits per heavy atom. The van der Waals surface area contributed by atoms with Crippen LogP contribution in [-0.4, -0.2) is 52.1 Å². The third kappa shape index (κ3) is 13.5. The molecule has 1 aliphatic carbocycles. The number of nitriles is 2. The summed E-state index contributed by atoms with van der Waals surface area (Å²) in [7, 11) is 0. The molecule has 1 aromatic carbocycles. The van der Waals surface area contributed by atoms with E-state index in [4.69, 9.17) is 5.26 Å². The Bertz CT molecular complexity index is 1310. The summed E-state index contributed by atoms with van der Waals surface area (Å²) in [5.74, 6) is -0.0859. The van der Waals surface area contributed by atoms with Gasteiger partial charge in [0.1, 0.15) is 11.8 Å². The maximum atomic E-state index is 15.3. The first-order chi connectivity index (χ1) is 21.7. The number of amides is 1. The molecule has 2 aromatic rings. The van der Waals surface area contributed by atoms with Crippen LogP contribution in [0.15, 0.2) is 42.7 Å². The van der Waals surface area contributed by atoms with E-state index in [1.54, 1.807) is 26.8 Å². The normalized spacial score (nSPS) is 17.2. The van der Waals surface area contributed by atoms with Gasteiger partial charge in [0.2, 0.25) is 0 Å². The number of allylic oxidation sites excluding steroid dienone is 1. The van der Waals surface area contributed by atoms with E-state index < -0.39 is 17.9 Å². The highest BCUT2D eigenvalue weighted by atomic mass is 19.1. The van der Waals surface area contributed by atoms with E-state index >= 15 is 4.39 Å². The van der Waals surface area contributed by atoms with Crippen molar-refractivity contribution in [1.82, 2.24) is 9.97 Å². The monoisotopic (exact) mass is 636 g/mol. The fourth-order valence-corrected chi connectivity index (χ4v) is 5.15. The molecule has 0 saturated heterocycles. The number of aromatic nitrogens is 2. The summed E-state index contributed by atoms with van der Waals surface area (Å²) in [6, 6.07) is 9.67. The van der Waals surface area contributed by atoms with Crippen molar-refractivity contribution in [1.29, 1.82) is 10.5 Å². The summed E-state index contributed by atoms with van der Waals surface area (Å²) in [5, 5.41) is 37.2. The lowest BCUT2D eigenvalue weighted by Gasteiger charge is -2.38. The number of nitrogens with zero attached hydrogens (tertiary/aromatic N) is 6. The zero-order chi connectivity index (χ0) is 34.9. The van der Waals surface area contributed by atoms with Crippen LogP contribution in [-0.2, 0) is 5.60 Å². The number of benzene rings is 1. The minimum absolute atomic E-state index is 0.0251. The molecule has 1 aliphatic rings. The number of hydrogen-bond acceptors (Lipinski definition) is 7. The summed E-state index contributed by atoms with van der Waals surface area (Å²) in [6.07, 6.45) is 6.55. The number of alkyl halides is 1. The molecule has 1 aromatic heterocycles. The fraction of sp³-hybridized carbons (Fsp3) is 0.583. The molecule has 252 valence electrons. The average molecular weight is 637 g/mol. The Balaban J connectivity index is 0.00000118. The number of anilines is 2. The van der Waals surface area contributed by atoms with Crippen molar-refractivity contribution in [2.24, 2.45) is 11.8 Å². The molecule has 0 aliphatic heterocycles. The molecule has 3 unspecified atom stereocenters. The second-order valence-electron chi connectivity index (χ2n) is 12.5. The quantitative estimate of drug-likeness (QED) is 0.186. The molecule has 0 spiro atoms. The van der Waals surface area contributed by atoms with Crippen LogP contribution in [0, 0.1) is 41.4 Å². The van der Waals surface area contributed by atoms with Crippen LogP contribution in [0.2, 0.25) is 0 Å². The largest absolute Gasteiger partial charge is 0.465 e. The van der Waals surface area contributed by atoms with E-state index in [0.717, 1.165) is 37.1 Å². The van der Waals surface area contributed by atoms with Crippen LogP contribution in [0.4, 0.5) is 20.7 Å². The second kappa shape index (κ2) is 20.2. The third-order valence-electron chi connectivity index (χ3n) is 7.57. The summed E-state index contributed by atoms with van der Waals surface area (Å²) >= 11 is 0. The third-order valence-corrected chi connectivity index (χ3v) is 7.57. The van der Waals surface area contributed by atoms with Crippen LogP contribution in [0.1, 0.15) is 103 Å². The van der Waals surface area contributed by atoms with Crippen molar-refractivity contribution in [2.45, 2.75) is 105 Å². The van der Waals surface area contributed by atoms with Gasteiger partial charge in [0, 0.05) is 36.8 Å². The number of rotatable bonds is 11. The van der Waals surface area contributed by atoms with E-state index in [1.807, 2.05) is 25.1 Å². The molecule has 0 radical (unpaired) electrons. The molecule has 46 heavy (non-hydrogen) atoms. The van der Waals surface area contributed by atoms with Gasteiger partial charge >= 0.3 is 6.09 Å². The van der Waals surface area contributed by atoms with E-state index in [1.165, 1.54) is 23.7 Å². The van der Waals surface area contributed by atoms with Crippen molar-refractivity contribution in [3.8, 4) is 12.1 Å². The highest BCUT2D eigenvalue weighted by Crippen LogP contribution is 2.35. The number of halogens is 1. The van der Waals surface area contributed by atoms with Crippen molar-refractivity contribution in [3.63, 3.8) is 0 Å².